The SMILES string of the molecule is O=C(Oc1ccc(-c2ccccc2)cc1)c1cccc(-n2cnnn2)c1. The van der Waals surface area contributed by atoms with E-state index in [-0.39, 0.29) is 0 Å². The first-order chi connectivity index (χ1) is 12.8. The molecule has 0 bridgehead atoms. The van der Waals surface area contributed by atoms with Crippen LogP contribution >= 0.6 is 0 Å². The average molecular weight is 342 g/mol. The summed E-state index contributed by atoms with van der Waals surface area (Å²) in [7, 11) is 0. The Kier molecular flexibility index (Phi) is 4.22. The van der Waals surface area contributed by atoms with E-state index in [1.165, 1.54) is 11.0 Å². The third-order valence-electron chi connectivity index (χ3n) is 3.87. The molecule has 0 atom stereocenters. The molecule has 26 heavy (non-hydrogen) atoms. The first kappa shape index (κ1) is 15.7. The summed E-state index contributed by atoms with van der Waals surface area (Å²) in [6.07, 6.45) is 1.47. The lowest BCUT2D eigenvalue weighted by Crippen LogP contribution is -2.09. The second-order valence-corrected chi connectivity index (χ2v) is 5.58. The van der Waals surface area contributed by atoms with E-state index in [0.29, 0.717) is 17.0 Å². The van der Waals surface area contributed by atoms with Crippen molar-refractivity contribution in [3.8, 4) is 22.6 Å². The van der Waals surface area contributed by atoms with Gasteiger partial charge in [0.15, 0.2) is 0 Å². The van der Waals surface area contributed by atoms with E-state index in [4.69, 9.17) is 4.74 Å². The highest BCUT2D eigenvalue weighted by molar-refractivity contribution is 5.91. The quantitative estimate of drug-likeness (QED) is 0.419. The minimum absolute atomic E-state index is 0.421. The number of carbonyl (C=O) groups excluding carboxylic acids is 1. The van der Waals surface area contributed by atoms with Crippen molar-refractivity contribution < 1.29 is 9.53 Å². The predicted molar refractivity (Wildman–Crippen MR) is 96.0 cm³/mol. The summed E-state index contributed by atoms with van der Waals surface area (Å²) in [5, 5.41) is 11.0. The van der Waals surface area contributed by atoms with Gasteiger partial charge in [-0.15, -0.1) is 5.10 Å². The number of nitrogens with zero attached hydrogens (tertiary/aromatic N) is 4. The van der Waals surface area contributed by atoms with Gasteiger partial charge in [0, 0.05) is 0 Å². The molecule has 0 N–H and O–H groups in total. The van der Waals surface area contributed by atoms with E-state index in [1.54, 1.807) is 30.3 Å². The van der Waals surface area contributed by atoms with E-state index in [2.05, 4.69) is 15.5 Å². The molecule has 126 valence electrons. The van der Waals surface area contributed by atoms with Crippen molar-refractivity contribution in [2.45, 2.75) is 0 Å². The molecule has 3 aromatic carbocycles. The standard InChI is InChI=1S/C20H14N4O2/c25-20(17-7-4-8-18(13-17)24-14-21-22-23-24)26-19-11-9-16(10-12-19)15-5-2-1-3-6-15/h1-14H. The molecule has 0 aliphatic rings. The van der Waals surface area contributed by atoms with Gasteiger partial charge in [0.05, 0.1) is 11.3 Å². The van der Waals surface area contributed by atoms with Crippen LogP contribution in [0.2, 0.25) is 0 Å². The Balaban J connectivity index is 1.51. The van der Waals surface area contributed by atoms with E-state index in [9.17, 15) is 4.79 Å². The van der Waals surface area contributed by atoms with Gasteiger partial charge < -0.3 is 4.74 Å². The first-order valence-corrected chi connectivity index (χ1v) is 8.01. The zero-order valence-electron chi connectivity index (χ0n) is 13.7. The summed E-state index contributed by atoms with van der Waals surface area (Å²) < 4.78 is 6.94. The minimum atomic E-state index is -0.438. The largest absolute Gasteiger partial charge is 0.423 e. The van der Waals surface area contributed by atoms with Crippen LogP contribution in [0.25, 0.3) is 16.8 Å². The molecule has 0 amide bonds. The number of ether oxygens (including phenoxy) is 1. The van der Waals surface area contributed by atoms with Gasteiger partial charge >= 0.3 is 5.97 Å². The highest BCUT2D eigenvalue weighted by Gasteiger charge is 2.10. The Morgan fingerprint density at radius 2 is 1.62 bits per heavy atom. The zero-order valence-corrected chi connectivity index (χ0v) is 13.7. The van der Waals surface area contributed by atoms with Crippen molar-refractivity contribution in [1.29, 1.82) is 0 Å². The fourth-order valence-corrected chi connectivity index (χ4v) is 2.57. The van der Waals surface area contributed by atoms with E-state index in [0.717, 1.165) is 11.1 Å². The molecule has 0 saturated heterocycles. The molecule has 0 aliphatic heterocycles. The third-order valence-corrected chi connectivity index (χ3v) is 3.87. The van der Waals surface area contributed by atoms with Crippen LogP contribution in [0, 0.1) is 0 Å². The number of tetrazole rings is 1. The summed E-state index contributed by atoms with van der Waals surface area (Å²) >= 11 is 0. The Hall–Kier alpha value is -3.80. The Labute approximate surface area is 149 Å². The van der Waals surface area contributed by atoms with Crippen LogP contribution in [0.3, 0.4) is 0 Å². The maximum Gasteiger partial charge on any atom is 0.343 e. The molecule has 4 rings (SSSR count). The van der Waals surface area contributed by atoms with Crippen LogP contribution in [-0.2, 0) is 0 Å². The number of aromatic nitrogens is 4. The lowest BCUT2D eigenvalue weighted by Gasteiger charge is -2.07. The fraction of sp³-hybridized carbons (Fsp3) is 0. The molecular formula is C20H14N4O2. The summed E-state index contributed by atoms with van der Waals surface area (Å²) in [5.41, 5.74) is 3.28. The molecule has 0 aliphatic carbocycles. The lowest BCUT2D eigenvalue weighted by atomic mass is 10.1. The van der Waals surface area contributed by atoms with E-state index in [1.807, 2.05) is 48.5 Å². The molecule has 1 heterocycles. The molecule has 4 aromatic rings. The highest BCUT2D eigenvalue weighted by atomic mass is 16.5. The second-order valence-electron chi connectivity index (χ2n) is 5.58. The van der Waals surface area contributed by atoms with Crippen LogP contribution in [0.4, 0.5) is 0 Å². The summed E-state index contributed by atoms with van der Waals surface area (Å²) in [4.78, 5) is 12.4. The summed E-state index contributed by atoms with van der Waals surface area (Å²) in [5.74, 6) is 0.0508. The molecule has 0 unspecified atom stereocenters. The Morgan fingerprint density at radius 1 is 0.846 bits per heavy atom. The number of esters is 1. The van der Waals surface area contributed by atoms with Gasteiger partial charge in [0.2, 0.25) is 0 Å². The van der Waals surface area contributed by atoms with Crippen molar-refractivity contribution in [2.75, 3.05) is 0 Å². The zero-order chi connectivity index (χ0) is 17.8. The smallest absolute Gasteiger partial charge is 0.343 e. The van der Waals surface area contributed by atoms with Gasteiger partial charge in [-0.25, -0.2) is 9.48 Å². The normalized spacial score (nSPS) is 10.5. The maximum absolute atomic E-state index is 12.4. The highest BCUT2D eigenvalue weighted by Crippen LogP contribution is 2.22. The number of hydrogen-bond donors (Lipinski definition) is 0. The van der Waals surface area contributed by atoms with Crippen molar-refractivity contribution in [3.63, 3.8) is 0 Å². The van der Waals surface area contributed by atoms with Crippen molar-refractivity contribution in [3.05, 3.63) is 90.8 Å². The maximum atomic E-state index is 12.4. The molecule has 0 radical (unpaired) electrons. The van der Waals surface area contributed by atoms with Gasteiger partial charge in [0.1, 0.15) is 12.1 Å². The first-order valence-electron chi connectivity index (χ1n) is 8.01. The van der Waals surface area contributed by atoms with Gasteiger partial charge in [-0.1, -0.05) is 48.5 Å². The van der Waals surface area contributed by atoms with Gasteiger partial charge in [-0.2, -0.15) is 0 Å². The van der Waals surface area contributed by atoms with Gasteiger partial charge in [0.25, 0.3) is 0 Å². The van der Waals surface area contributed by atoms with Crippen LogP contribution in [-0.4, -0.2) is 26.2 Å². The van der Waals surface area contributed by atoms with Crippen molar-refractivity contribution in [1.82, 2.24) is 20.2 Å². The number of hydrogen-bond acceptors (Lipinski definition) is 5. The second kappa shape index (κ2) is 6.98. The average Bonchev–Trinajstić information content (AvgIpc) is 3.24. The fourth-order valence-electron chi connectivity index (χ4n) is 2.57. The van der Waals surface area contributed by atoms with E-state index < -0.39 is 5.97 Å². The summed E-state index contributed by atoms with van der Waals surface area (Å²) in [6.45, 7) is 0. The predicted octanol–water partition coefficient (Wildman–Crippen LogP) is 3.55. The molecule has 0 saturated carbocycles. The number of benzene rings is 3. The molecular weight excluding hydrogens is 328 g/mol. The van der Waals surface area contributed by atoms with E-state index >= 15 is 0 Å². The van der Waals surface area contributed by atoms with Crippen LogP contribution in [0.1, 0.15) is 10.4 Å². The van der Waals surface area contributed by atoms with Crippen molar-refractivity contribution >= 4 is 5.97 Å². The van der Waals surface area contributed by atoms with Crippen LogP contribution < -0.4 is 4.74 Å². The number of carbonyl (C=O) groups is 1. The summed E-state index contributed by atoms with van der Waals surface area (Å²) in [6, 6.07) is 24.4. The topological polar surface area (TPSA) is 69.9 Å². The Morgan fingerprint density at radius 3 is 2.35 bits per heavy atom. The monoisotopic (exact) mass is 342 g/mol. The van der Waals surface area contributed by atoms with Crippen LogP contribution in [0.5, 0.6) is 5.75 Å². The molecule has 0 spiro atoms. The third kappa shape index (κ3) is 3.34. The van der Waals surface area contributed by atoms with Gasteiger partial charge in [-0.05, 0) is 51.9 Å². The minimum Gasteiger partial charge on any atom is -0.423 e. The van der Waals surface area contributed by atoms with Crippen LogP contribution in [0.15, 0.2) is 85.2 Å². The number of rotatable bonds is 4. The lowest BCUT2D eigenvalue weighted by molar-refractivity contribution is 0.0734. The Bertz CT molecular complexity index is 1010. The van der Waals surface area contributed by atoms with Crippen molar-refractivity contribution in [2.24, 2.45) is 0 Å². The molecule has 1 aromatic heterocycles. The molecule has 6 heteroatoms. The van der Waals surface area contributed by atoms with Gasteiger partial charge in [-0.3, -0.25) is 0 Å². The molecule has 0 fully saturated rings. The molecule has 6 nitrogen and oxygen atoms in total.